The Hall–Kier alpha value is -1.65. The van der Waals surface area contributed by atoms with Crippen LogP contribution in [-0.2, 0) is 31.4 Å². The molecule has 10 heteroatoms. The molecule has 0 unspecified atom stereocenters. The van der Waals surface area contributed by atoms with Crippen LogP contribution >= 0.6 is 11.6 Å². The molecule has 0 saturated carbocycles. The number of rotatable bonds is 10. The van der Waals surface area contributed by atoms with Crippen molar-refractivity contribution in [1.29, 1.82) is 0 Å². The Morgan fingerprint density at radius 2 is 1.57 bits per heavy atom. The molecule has 0 N–H and O–H groups in total. The van der Waals surface area contributed by atoms with Crippen LogP contribution in [0.25, 0.3) is 0 Å². The lowest BCUT2D eigenvalue weighted by atomic mass is 10.2. The van der Waals surface area contributed by atoms with Crippen molar-refractivity contribution in [3.05, 3.63) is 59.1 Å². The van der Waals surface area contributed by atoms with E-state index in [0.717, 1.165) is 0 Å². The summed E-state index contributed by atoms with van der Waals surface area (Å²) < 4.78 is 60.3. The highest BCUT2D eigenvalue weighted by molar-refractivity contribution is 7.89. The third kappa shape index (κ3) is 6.18. The monoisotopic (exact) mass is 447 g/mol. The van der Waals surface area contributed by atoms with Crippen LogP contribution in [0.4, 0.5) is 0 Å². The molecule has 154 valence electrons. The van der Waals surface area contributed by atoms with Crippen LogP contribution in [0.5, 0.6) is 5.75 Å². The maximum absolute atomic E-state index is 13.0. The summed E-state index contributed by atoms with van der Waals surface area (Å²) in [6.07, 6.45) is 0. The van der Waals surface area contributed by atoms with Crippen LogP contribution < -0.4 is 4.18 Å². The molecule has 28 heavy (non-hydrogen) atoms. The fourth-order valence-corrected chi connectivity index (χ4v) is 4.35. The minimum absolute atomic E-state index is 0.0924. The summed E-state index contributed by atoms with van der Waals surface area (Å²) in [7, 11) is -5.89. The normalized spacial score (nSPS) is 12.3. The van der Waals surface area contributed by atoms with Crippen LogP contribution in [0.1, 0.15) is 12.5 Å². The van der Waals surface area contributed by atoms with Crippen molar-refractivity contribution in [3.63, 3.8) is 0 Å². The number of ether oxygens (including phenoxy) is 1. The minimum Gasteiger partial charge on any atom is -0.383 e. The van der Waals surface area contributed by atoms with Crippen molar-refractivity contribution in [3.8, 4) is 5.75 Å². The fraction of sp³-hybridized carbons (Fsp3) is 0.333. The molecule has 0 aromatic heterocycles. The van der Waals surface area contributed by atoms with E-state index in [-0.39, 0.29) is 36.1 Å². The predicted octanol–water partition coefficient (Wildman–Crippen LogP) is 2.91. The maximum Gasteiger partial charge on any atom is 0.308 e. The molecule has 0 radical (unpaired) electrons. The van der Waals surface area contributed by atoms with E-state index in [4.69, 9.17) is 20.5 Å². The Labute approximate surface area is 171 Å². The van der Waals surface area contributed by atoms with Gasteiger partial charge in [0.1, 0.15) is 5.75 Å². The summed E-state index contributed by atoms with van der Waals surface area (Å²) in [5.74, 6) is 0.0356. The number of benzene rings is 2. The molecule has 0 heterocycles. The number of hydrogen-bond acceptors (Lipinski definition) is 6. The molecule has 0 aliphatic carbocycles. The van der Waals surface area contributed by atoms with E-state index in [1.807, 2.05) is 0 Å². The first kappa shape index (κ1) is 22.6. The quantitative estimate of drug-likeness (QED) is 0.520. The molecule has 2 rings (SSSR count). The second-order valence-electron chi connectivity index (χ2n) is 5.86. The lowest BCUT2D eigenvalue weighted by Gasteiger charge is -2.22. The fourth-order valence-electron chi connectivity index (χ4n) is 2.29. The summed E-state index contributed by atoms with van der Waals surface area (Å²) in [5, 5.41) is 0.444. The molecular formula is C18H22ClNO6S2. The second-order valence-corrected chi connectivity index (χ2v) is 10.1. The second kappa shape index (κ2) is 9.71. The Balaban J connectivity index is 2.23. The lowest BCUT2D eigenvalue weighted by molar-refractivity contribution is 0.177. The van der Waals surface area contributed by atoms with Gasteiger partial charge in [0, 0.05) is 25.2 Å². The van der Waals surface area contributed by atoms with Gasteiger partial charge in [-0.15, -0.1) is 0 Å². The standard InChI is InChI=1S/C18H22ClNO6S2/c1-3-27(21,22)26-17-8-4-15(5-9-17)14-20(12-13-25-2)28(23,24)18-10-6-16(19)7-11-18/h4-11H,3,12-14H2,1-2H3. The predicted molar refractivity (Wildman–Crippen MR) is 107 cm³/mol. The Bertz CT molecular complexity index is 974. The molecule has 0 saturated heterocycles. The van der Waals surface area contributed by atoms with E-state index in [0.29, 0.717) is 10.6 Å². The zero-order valence-corrected chi connectivity index (χ0v) is 17.9. The van der Waals surface area contributed by atoms with E-state index in [1.165, 1.54) is 54.7 Å². The number of hydrogen-bond donors (Lipinski definition) is 0. The highest BCUT2D eigenvalue weighted by Crippen LogP contribution is 2.22. The van der Waals surface area contributed by atoms with E-state index < -0.39 is 20.1 Å². The van der Waals surface area contributed by atoms with Gasteiger partial charge in [-0.2, -0.15) is 12.7 Å². The van der Waals surface area contributed by atoms with Crippen molar-refractivity contribution < 1.29 is 25.8 Å². The molecule has 0 bridgehead atoms. The number of halogens is 1. The van der Waals surface area contributed by atoms with Gasteiger partial charge in [-0.05, 0) is 48.9 Å². The van der Waals surface area contributed by atoms with Crippen LogP contribution in [0.15, 0.2) is 53.4 Å². The van der Waals surface area contributed by atoms with Gasteiger partial charge in [-0.25, -0.2) is 8.42 Å². The van der Waals surface area contributed by atoms with Gasteiger partial charge < -0.3 is 8.92 Å². The van der Waals surface area contributed by atoms with Crippen molar-refractivity contribution in [2.24, 2.45) is 0 Å². The van der Waals surface area contributed by atoms with Gasteiger partial charge in [0.2, 0.25) is 10.0 Å². The SMILES string of the molecule is CCS(=O)(=O)Oc1ccc(CN(CCOC)S(=O)(=O)c2ccc(Cl)cc2)cc1. The van der Waals surface area contributed by atoms with Crippen molar-refractivity contribution in [2.75, 3.05) is 26.0 Å². The lowest BCUT2D eigenvalue weighted by Crippen LogP contribution is -2.33. The number of nitrogens with zero attached hydrogens (tertiary/aromatic N) is 1. The van der Waals surface area contributed by atoms with Gasteiger partial charge >= 0.3 is 10.1 Å². The average Bonchev–Trinajstić information content (AvgIpc) is 2.66. The summed E-state index contributed by atoms with van der Waals surface area (Å²) in [5.41, 5.74) is 0.676. The molecule has 0 atom stereocenters. The molecule has 0 aliphatic rings. The summed E-state index contributed by atoms with van der Waals surface area (Å²) in [4.78, 5) is 0.127. The van der Waals surface area contributed by atoms with Crippen molar-refractivity contribution in [1.82, 2.24) is 4.31 Å². The Morgan fingerprint density at radius 3 is 2.11 bits per heavy atom. The van der Waals surface area contributed by atoms with Gasteiger partial charge in [0.15, 0.2) is 0 Å². The van der Waals surface area contributed by atoms with Crippen LogP contribution in [-0.4, -0.2) is 47.2 Å². The third-order valence-corrected chi connectivity index (χ3v) is 7.12. The van der Waals surface area contributed by atoms with Gasteiger partial charge in [-0.3, -0.25) is 0 Å². The van der Waals surface area contributed by atoms with Crippen molar-refractivity contribution >= 4 is 31.7 Å². The highest BCUT2D eigenvalue weighted by atomic mass is 35.5. The summed E-state index contributed by atoms with van der Waals surface area (Å²) in [6, 6.07) is 12.2. The maximum atomic E-state index is 13.0. The van der Waals surface area contributed by atoms with Gasteiger partial charge in [0.25, 0.3) is 0 Å². The summed E-state index contributed by atoms with van der Waals surface area (Å²) >= 11 is 5.84. The average molecular weight is 448 g/mol. The molecule has 2 aromatic rings. The van der Waals surface area contributed by atoms with E-state index in [2.05, 4.69) is 0 Å². The summed E-state index contributed by atoms with van der Waals surface area (Å²) in [6.45, 7) is 1.96. The molecule has 7 nitrogen and oxygen atoms in total. The third-order valence-electron chi connectivity index (χ3n) is 3.86. The molecule has 0 fully saturated rings. The highest BCUT2D eigenvalue weighted by Gasteiger charge is 2.24. The molecular weight excluding hydrogens is 426 g/mol. The number of methoxy groups -OCH3 is 1. The van der Waals surface area contributed by atoms with Crippen molar-refractivity contribution in [2.45, 2.75) is 18.4 Å². The zero-order chi connectivity index (χ0) is 20.8. The Kier molecular flexibility index (Phi) is 7.85. The smallest absolute Gasteiger partial charge is 0.308 e. The zero-order valence-electron chi connectivity index (χ0n) is 15.5. The van der Waals surface area contributed by atoms with Crippen LogP contribution in [0.3, 0.4) is 0 Å². The topological polar surface area (TPSA) is 90.0 Å². The van der Waals surface area contributed by atoms with Gasteiger partial charge in [0.05, 0.1) is 17.3 Å². The first-order valence-electron chi connectivity index (χ1n) is 8.43. The number of sulfonamides is 1. The van der Waals surface area contributed by atoms with E-state index >= 15 is 0 Å². The first-order valence-corrected chi connectivity index (χ1v) is 11.8. The first-order chi connectivity index (χ1) is 13.2. The van der Waals surface area contributed by atoms with Crippen LogP contribution in [0, 0.1) is 0 Å². The van der Waals surface area contributed by atoms with Gasteiger partial charge in [-0.1, -0.05) is 23.7 Å². The molecule has 2 aromatic carbocycles. The largest absolute Gasteiger partial charge is 0.383 e. The van der Waals surface area contributed by atoms with E-state index in [9.17, 15) is 16.8 Å². The minimum atomic E-state index is -3.76. The molecule has 0 amide bonds. The Morgan fingerprint density at radius 1 is 0.964 bits per heavy atom. The molecule has 0 aliphatic heterocycles. The van der Waals surface area contributed by atoms with Crippen LogP contribution in [0.2, 0.25) is 5.02 Å². The van der Waals surface area contributed by atoms with E-state index in [1.54, 1.807) is 12.1 Å². The molecule has 0 spiro atoms.